The van der Waals surface area contributed by atoms with Crippen molar-refractivity contribution in [2.24, 2.45) is 0 Å². The highest BCUT2D eigenvalue weighted by Gasteiger charge is 2.28. The molecule has 1 amide bonds. The van der Waals surface area contributed by atoms with Crippen molar-refractivity contribution in [3.05, 3.63) is 30.5 Å². The summed E-state index contributed by atoms with van der Waals surface area (Å²) >= 11 is 0. The van der Waals surface area contributed by atoms with Gasteiger partial charge in [0.25, 0.3) is 0 Å². The molecule has 3 aromatic heterocycles. The van der Waals surface area contributed by atoms with Crippen molar-refractivity contribution >= 4 is 23.2 Å². The van der Waals surface area contributed by atoms with E-state index in [1.807, 2.05) is 18.2 Å². The van der Waals surface area contributed by atoms with Crippen LogP contribution in [0.2, 0.25) is 0 Å². The molecule has 0 aliphatic carbocycles. The van der Waals surface area contributed by atoms with Crippen LogP contribution in [0.1, 0.15) is 19.3 Å². The van der Waals surface area contributed by atoms with Crippen molar-refractivity contribution in [3.8, 4) is 17.1 Å². The molecular weight excluding hydrogens is 401 g/mol. The molecule has 3 aromatic rings. The van der Waals surface area contributed by atoms with Crippen molar-refractivity contribution < 1.29 is 13.9 Å². The largest absolute Gasteiger partial charge is 0.493 e. The molecule has 31 heavy (non-hydrogen) atoms. The van der Waals surface area contributed by atoms with Gasteiger partial charge < -0.3 is 15.4 Å². The third kappa shape index (κ3) is 3.67. The summed E-state index contributed by atoms with van der Waals surface area (Å²) in [4.78, 5) is 23.0. The zero-order valence-electron chi connectivity index (χ0n) is 17.2. The minimum absolute atomic E-state index is 0.0259. The van der Waals surface area contributed by atoms with E-state index in [2.05, 4.69) is 25.7 Å². The predicted molar refractivity (Wildman–Crippen MR) is 114 cm³/mol. The summed E-state index contributed by atoms with van der Waals surface area (Å²) in [5.41, 5.74) is 1.91. The second-order valence-corrected chi connectivity index (χ2v) is 7.77. The number of hydrogen-bond donors (Lipinski definition) is 2. The highest BCUT2D eigenvalue weighted by atomic mass is 19.1. The van der Waals surface area contributed by atoms with E-state index in [9.17, 15) is 9.18 Å². The molecule has 9 nitrogen and oxygen atoms in total. The number of amides is 1. The fraction of sp³-hybridized carbons (Fsp3) is 0.429. The van der Waals surface area contributed by atoms with E-state index >= 15 is 0 Å². The van der Waals surface area contributed by atoms with Crippen molar-refractivity contribution in [3.63, 3.8) is 0 Å². The lowest BCUT2D eigenvalue weighted by Gasteiger charge is -2.28. The van der Waals surface area contributed by atoms with Gasteiger partial charge in [-0.3, -0.25) is 9.69 Å². The Hall–Kier alpha value is -3.27. The van der Waals surface area contributed by atoms with Crippen LogP contribution in [0, 0.1) is 0 Å². The van der Waals surface area contributed by atoms with Gasteiger partial charge in [0.15, 0.2) is 17.2 Å². The average molecular weight is 425 g/mol. The van der Waals surface area contributed by atoms with Gasteiger partial charge in [-0.1, -0.05) is 6.07 Å². The number of hydrogen-bond acceptors (Lipinski definition) is 7. The van der Waals surface area contributed by atoms with Gasteiger partial charge in [-0.05, 0) is 31.5 Å². The number of pyridine rings is 1. The van der Waals surface area contributed by atoms with Crippen LogP contribution in [0.15, 0.2) is 30.5 Å². The fourth-order valence-corrected chi connectivity index (χ4v) is 4.09. The van der Waals surface area contributed by atoms with Crippen molar-refractivity contribution in [1.29, 1.82) is 0 Å². The minimum atomic E-state index is -0.919. The molecule has 0 radical (unpaired) electrons. The Morgan fingerprint density at radius 2 is 2.26 bits per heavy atom. The van der Waals surface area contributed by atoms with Gasteiger partial charge >= 0.3 is 0 Å². The van der Waals surface area contributed by atoms with Crippen LogP contribution in [0.4, 0.5) is 16.0 Å². The molecule has 2 saturated heterocycles. The summed E-state index contributed by atoms with van der Waals surface area (Å²) in [6.45, 7) is 1.85. The molecule has 5 rings (SSSR count). The number of imidazole rings is 1. The first-order valence-corrected chi connectivity index (χ1v) is 10.5. The summed E-state index contributed by atoms with van der Waals surface area (Å²) < 4.78 is 21.3. The van der Waals surface area contributed by atoms with E-state index in [1.165, 1.54) is 0 Å². The summed E-state index contributed by atoms with van der Waals surface area (Å²) in [6, 6.07) is 6.98. The smallest absolute Gasteiger partial charge is 0.228 e. The first-order chi connectivity index (χ1) is 15.1. The molecule has 2 N–H and O–H groups in total. The van der Waals surface area contributed by atoms with Crippen LogP contribution in [0.3, 0.4) is 0 Å². The molecule has 2 aliphatic rings. The number of carbonyl (C=O) groups is 1. The molecule has 0 saturated carbocycles. The van der Waals surface area contributed by atoms with Gasteiger partial charge in [0, 0.05) is 25.6 Å². The fourth-order valence-electron chi connectivity index (χ4n) is 4.09. The number of fused-ring (bicyclic) bond motifs is 1. The number of halogens is 1. The quantitative estimate of drug-likeness (QED) is 0.646. The third-order valence-electron chi connectivity index (χ3n) is 5.73. The number of anilines is 2. The molecule has 5 heterocycles. The van der Waals surface area contributed by atoms with Crippen LogP contribution in [-0.2, 0) is 4.79 Å². The SMILES string of the molecule is COc1cc2ncc(-c3cccc(N[C@@H]4CNCC[C@H]4F)n3)n2nc1N1CCCC1=O. The second kappa shape index (κ2) is 8.10. The Balaban J connectivity index is 1.51. The van der Waals surface area contributed by atoms with E-state index in [-0.39, 0.29) is 11.9 Å². The maximum Gasteiger partial charge on any atom is 0.228 e. The number of alkyl halides is 1. The summed E-state index contributed by atoms with van der Waals surface area (Å²) in [5.74, 6) is 1.59. The van der Waals surface area contributed by atoms with Crippen LogP contribution in [0.5, 0.6) is 5.75 Å². The number of nitrogens with zero attached hydrogens (tertiary/aromatic N) is 5. The van der Waals surface area contributed by atoms with Gasteiger partial charge in [0.05, 0.1) is 25.0 Å². The molecule has 0 bridgehead atoms. The lowest BCUT2D eigenvalue weighted by atomic mass is 10.1. The first-order valence-electron chi connectivity index (χ1n) is 10.5. The van der Waals surface area contributed by atoms with E-state index < -0.39 is 6.17 Å². The summed E-state index contributed by atoms with van der Waals surface area (Å²) in [7, 11) is 1.55. The van der Waals surface area contributed by atoms with Crippen molar-refractivity contribution in [2.75, 3.05) is 37.0 Å². The second-order valence-electron chi connectivity index (χ2n) is 7.77. The number of piperidine rings is 1. The summed E-state index contributed by atoms with van der Waals surface area (Å²) in [5, 5.41) is 11.1. The topological polar surface area (TPSA) is 96.7 Å². The number of rotatable bonds is 5. The van der Waals surface area contributed by atoms with Crippen LogP contribution >= 0.6 is 0 Å². The monoisotopic (exact) mass is 425 g/mol. The van der Waals surface area contributed by atoms with E-state index in [0.717, 1.165) is 6.42 Å². The standard InChI is InChI=1S/C21H24FN7O2/c1-31-17-10-19-24-12-16(29(19)27-21(17)28-9-3-6-20(28)30)14-4-2-5-18(25-14)26-15-11-23-8-7-13(15)22/h2,4-5,10,12-13,15,23H,3,6-9,11H2,1H3,(H,25,26)/t13-,15-/m1/s1. The Bertz CT molecular complexity index is 1120. The normalized spacial score (nSPS) is 21.6. The number of ether oxygens (including phenoxy) is 1. The molecule has 2 aliphatic heterocycles. The van der Waals surface area contributed by atoms with Gasteiger partial charge in [0.1, 0.15) is 17.7 Å². The van der Waals surface area contributed by atoms with Gasteiger partial charge in [-0.2, -0.15) is 0 Å². The Kier molecular flexibility index (Phi) is 5.14. The Morgan fingerprint density at radius 3 is 3.03 bits per heavy atom. The van der Waals surface area contributed by atoms with E-state index in [1.54, 1.807) is 28.8 Å². The summed E-state index contributed by atoms with van der Waals surface area (Å²) in [6.07, 6.45) is 2.54. The number of aromatic nitrogens is 4. The zero-order valence-corrected chi connectivity index (χ0v) is 17.2. The van der Waals surface area contributed by atoms with Crippen LogP contribution in [-0.4, -0.2) is 64.4 Å². The van der Waals surface area contributed by atoms with Gasteiger partial charge in [0.2, 0.25) is 5.91 Å². The van der Waals surface area contributed by atoms with Gasteiger partial charge in [-0.15, -0.1) is 5.10 Å². The zero-order chi connectivity index (χ0) is 21.4. The molecule has 0 aromatic carbocycles. The van der Waals surface area contributed by atoms with Crippen LogP contribution < -0.4 is 20.3 Å². The Labute approximate surface area is 178 Å². The molecule has 0 unspecified atom stereocenters. The average Bonchev–Trinajstić information content (AvgIpc) is 3.40. The molecular formula is C21H24FN7O2. The maximum atomic E-state index is 14.2. The molecule has 0 spiro atoms. The van der Waals surface area contributed by atoms with Crippen LogP contribution in [0.25, 0.3) is 17.0 Å². The molecule has 162 valence electrons. The third-order valence-corrected chi connectivity index (χ3v) is 5.73. The predicted octanol–water partition coefficient (Wildman–Crippen LogP) is 2.04. The highest BCUT2D eigenvalue weighted by Crippen LogP contribution is 2.31. The minimum Gasteiger partial charge on any atom is -0.493 e. The van der Waals surface area contributed by atoms with Gasteiger partial charge in [-0.25, -0.2) is 18.9 Å². The maximum absolute atomic E-state index is 14.2. The van der Waals surface area contributed by atoms with Crippen molar-refractivity contribution in [2.45, 2.75) is 31.5 Å². The Morgan fingerprint density at radius 1 is 1.35 bits per heavy atom. The van der Waals surface area contributed by atoms with E-state index in [0.29, 0.717) is 66.9 Å². The number of nitrogens with one attached hydrogen (secondary N) is 2. The van der Waals surface area contributed by atoms with Crippen molar-refractivity contribution in [1.82, 2.24) is 24.9 Å². The lowest BCUT2D eigenvalue weighted by Crippen LogP contribution is -2.46. The number of methoxy groups -OCH3 is 1. The highest BCUT2D eigenvalue weighted by molar-refractivity contribution is 5.95. The first kappa shape index (κ1) is 19.7. The van der Waals surface area contributed by atoms with E-state index in [4.69, 9.17) is 4.74 Å². The lowest BCUT2D eigenvalue weighted by molar-refractivity contribution is -0.117. The molecule has 2 fully saturated rings. The molecule has 2 atom stereocenters. The molecule has 10 heteroatoms. The number of carbonyl (C=O) groups excluding carboxylic acids is 1.